The molecule has 0 saturated heterocycles. The van der Waals surface area contributed by atoms with E-state index in [0.717, 1.165) is 6.42 Å². The van der Waals surface area contributed by atoms with Gasteiger partial charge in [-0.15, -0.1) is 0 Å². The van der Waals surface area contributed by atoms with Crippen LogP contribution in [0, 0.1) is 6.92 Å². The second kappa shape index (κ2) is 2.41. The molecule has 0 N–H and O–H groups in total. The molecule has 1 aromatic heterocycles. The molecule has 2 aliphatic rings. The highest BCUT2D eigenvalue weighted by molar-refractivity contribution is 5.73. The van der Waals surface area contributed by atoms with Crippen LogP contribution in [0.4, 0.5) is 0 Å². The van der Waals surface area contributed by atoms with E-state index in [2.05, 4.69) is 48.0 Å². The fraction of sp³-hybridized carbons (Fsp3) is 0.545. The standard InChI is InChI=1S/C11H15N3/c1-7-4-8-9-6-12-14(3)11(9)5-10(8)13(7)2/h4,6,9,11H,5H2,1-3H3. The molecule has 2 atom stereocenters. The Morgan fingerprint density at radius 1 is 1.43 bits per heavy atom. The van der Waals surface area contributed by atoms with Crippen LogP contribution < -0.4 is 0 Å². The zero-order chi connectivity index (χ0) is 9.87. The van der Waals surface area contributed by atoms with Gasteiger partial charge in [-0.1, -0.05) is 0 Å². The lowest BCUT2D eigenvalue weighted by atomic mass is 10.0. The fourth-order valence-corrected chi connectivity index (χ4v) is 2.69. The van der Waals surface area contributed by atoms with E-state index in [1.807, 2.05) is 0 Å². The Labute approximate surface area is 84.0 Å². The SMILES string of the molecule is Cc1cc2c(n1C)CC1C2C=NN1C. The lowest BCUT2D eigenvalue weighted by molar-refractivity contribution is 0.278. The lowest BCUT2D eigenvalue weighted by Crippen LogP contribution is -2.26. The minimum Gasteiger partial charge on any atom is -0.352 e. The third kappa shape index (κ3) is 0.800. The summed E-state index contributed by atoms with van der Waals surface area (Å²) in [5, 5.41) is 6.45. The molecule has 3 heteroatoms. The number of fused-ring (bicyclic) bond motifs is 3. The number of aryl methyl sites for hydroxylation is 1. The largest absolute Gasteiger partial charge is 0.352 e. The van der Waals surface area contributed by atoms with Gasteiger partial charge in [0, 0.05) is 44.0 Å². The van der Waals surface area contributed by atoms with E-state index in [1.54, 1.807) is 0 Å². The van der Waals surface area contributed by atoms with Crippen molar-refractivity contribution in [1.29, 1.82) is 0 Å². The van der Waals surface area contributed by atoms with Crippen molar-refractivity contribution in [1.82, 2.24) is 9.58 Å². The Hall–Kier alpha value is -1.25. The van der Waals surface area contributed by atoms with Gasteiger partial charge in [0.15, 0.2) is 0 Å². The van der Waals surface area contributed by atoms with Crippen LogP contribution in [0.1, 0.15) is 22.9 Å². The van der Waals surface area contributed by atoms with Crippen LogP contribution in [0.15, 0.2) is 11.2 Å². The van der Waals surface area contributed by atoms with Crippen molar-refractivity contribution < 1.29 is 0 Å². The normalized spacial score (nSPS) is 28.4. The average molecular weight is 189 g/mol. The van der Waals surface area contributed by atoms with Crippen molar-refractivity contribution in [2.45, 2.75) is 25.3 Å². The summed E-state index contributed by atoms with van der Waals surface area (Å²) in [5.41, 5.74) is 4.34. The minimum atomic E-state index is 0.537. The van der Waals surface area contributed by atoms with Crippen LogP contribution in [-0.4, -0.2) is 28.9 Å². The zero-order valence-corrected chi connectivity index (χ0v) is 8.86. The highest BCUT2D eigenvalue weighted by Crippen LogP contribution is 2.39. The molecular weight excluding hydrogens is 174 g/mol. The van der Waals surface area contributed by atoms with E-state index in [9.17, 15) is 0 Å². The molecule has 0 amide bonds. The molecule has 0 fully saturated rings. The molecule has 1 aromatic rings. The maximum absolute atomic E-state index is 4.36. The Kier molecular flexibility index (Phi) is 1.39. The summed E-state index contributed by atoms with van der Waals surface area (Å²) in [7, 11) is 4.23. The first-order valence-electron chi connectivity index (χ1n) is 5.10. The first-order chi connectivity index (χ1) is 6.68. The topological polar surface area (TPSA) is 20.5 Å². The summed E-state index contributed by atoms with van der Waals surface area (Å²) in [6.07, 6.45) is 3.23. The molecule has 1 aliphatic carbocycles. The van der Waals surface area contributed by atoms with Gasteiger partial charge in [-0.2, -0.15) is 5.10 Å². The Morgan fingerprint density at radius 2 is 2.21 bits per heavy atom. The van der Waals surface area contributed by atoms with Gasteiger partial charge in [-0.3, -0.25) is 5.01 Å². The van der Waals surface area contributed by atoms with E-state index in [-0.39, 0.29) is 0 Å². The number of hydrogen-bond donors (Lipinski definition) is 0. The van der Waals surface area contributed by atoms with Gasteiger partial charge in [0.05, 0.1) is 6.04 Å². The molecular formula is C11H15N3. The van der Waals surface area contributed by atoms with Crippen LogP contribution >= 0.6 is 0 Å². The minimum absolute atomic E-state index is 0.537. The highest BCUT2D eigenvalue weighted by atomic mass is 15.5. The quantitative estimate of drug-likeness (QED) is 0.602. The van der Waals surface area contributed by atoms with E-state index in [4.69, 9.17) is 0 Å². The molecule has 0 spiro atoms. The maximum Gasteiger partial charge on any atom is 0.0641 e. The second-order valence-corrected chi connectivity index (χ2v) is 4.38. The number of nitrogens with zero attached hydrogens (tertiary/aromatic N) is 3. The Morgan fingerprint density at radius 3 is 3.00 bits per heavy atom. The van der Waals surface area contributed by atoms with Gasteiger partial charge < -0.3 is 4.57 Å². The number of likely N-dealkylation sites (N-methyl/N-ethyl adjacent to an activating group) is 1. The van der Waals surface area contributed by atoms with Gasteiger partial charge in [0.2, 0.25) is 0 Å². The van der Waals surface area contributed by atoms with Crippen molar-refractivity contribution in [2.24, 2.45) is 12.1 Å². The van der Waals surface area contributed by atoms with Gasteiger partial charge in [0.1, 0.15) is 0 Å². The van der Waals surface area contributed by atoms with Crippen molar-refractivity contribution in [3.8, 4) is 0 Å². The number of rotatable bonds is 0. The number of hydrogen-bond acceptors (Lipinski definition) is 2. The predicted octanol–water partition coefficient (Wildman–Crippen LogP) is 1.27. The Bertz CT molecular complexity index is 416. The van der Waals surface area contributed by atoms with Crippen LogP contribution in [0.2, 0.25) is 0 Å². The zero-order valence-electron chi connectivity index (χ0n) is 8.86. The number of aromatic nitrogens is 1. The van der Waals surface area contributed by atoms with E-state index in [1.165, 1.54) is 17.0 Å². The monoisotopic (exact) mass is 189 g/mol. The average Bonchev–Trinajstić information content (AvgIpc) is 2.74. The van der Waals surface area contributed by atoms with Gasteiger partial charge in [-0.25, -0.2) is 0 Å². The summed E-state index contributed by atoms with van der Waals surface area (Å²) in [5.74, 6) is 0.537. The van der Waals surface area contributed by atoms with Gasteiger partial charge in [0.25, 0.3) is 0 Å². The lowest BCUT2D eigenvalue weighted by Gasteiger charge is -2.18. The molecule has 3 rings (SSSR count). The van der Waals surface area contributed by atoms with Crippen molar-refractivity contribution in [2.75, 3.05) is 7.05 Å². The maximum atomic E-state index is 4.36. The summed E-state index contributed by atoms with van der Waals surface area (Å²) in [4.78, 5) is 0. The first kappa shape index (κ1) is 8.09. The fourth-order valence-electron chi connectivity index (χ4n) is 2.69. The van der Waals surface area contributed by atoms with E-state index < -0.39 is 0 Å². The van der Waals surface area contributed by atoms with E-state index in [0.29, 0.717) is 12.0 Å². The number of hydrazone groups is 1. The molecule has 3 nitrogen and oxygen atoms in total. The van der Waals surface area contributed by atoms with Gasteiger partial charge >= 0.3 is 0 Å². The van der Waals surface area contributed by atoms with Gasteiger partial charge in [-0.05, 0) is 18.6 Å². The molecule has 0 aromatic carbocycles. The molecule has 0 radical (unpaired) electrons. The molecule has 1 aliphatic heterocycles. The summed E-state index contributed by atoms with van der Waals surface area (Å²) in [6, 6.07) is 2.89. The smallest absolute Gasteiger partial charge is 0.0641 e. The third-order valence-corrected chi connectivity index (χ3v) is 3.70. The molecule has 2 heterocycles. The second-order valence-electron chi connectivity index (χ2n) is 4.38. The highest BCUT2D eigenvalue weighted by Gasteiger charge is 2.39. The van der Waals surface area contributed by atoms with Crippen LogP contribution in [0.5, 0.6) is 0 Å². The van der Waals surface area contributed by atoms with Crippen LogP contribution in [0.3, 0.4) is 0 Å². The first-order valence-corrected chi connectivity index (χ1v) is 5.10. The summed E-state index contributed by atoms with van der Waals surface area (Å²) < 4.78 is 2.31. The molecule has 2 unspecified atom stereocenters. The van der Waals surface area contributed by atoms with Crippen molar-refractivity contribution >= 4 is 6.21 Å². The van der Waals surface area contributed by atoms with Crippen molar-refractivity contribution in [3.05, 3.63) is 23.0 Å². The third-order valence-electron chi connectivity index (χ3n) is 3.70. The summed E-state index contributed by atoms with van der Waals surface area (Å²) in [6.45, 7) is 2.17. The molecule has 0 saturated carbocycles. The van der Waals surface area contributed by atoms with Crippen LogP contribution in [0.25, 0.3) is 0 Å². The summed E-state index contributed by atoms with van der Waals surface area (Å²) >= 11 is 0. The predicted molar refractivity (Wildman–Crippen MR) is 56.6 cm³/mol. The van der Waals surface area contributed by atoms with E-state index >= 15 is 0 Å². The molecule has 74 valence electrons. The Balaban J connectivity index is 2.11. The van der Waals surface area contributed by atoms with Crippen LogP contribution in [-0.2, 0) is 13.5 Å². The molecule has 0 bridgehead atoms. The van der Waals surface area contributed by atoms with Crippen molar-refractivity contribution in [3.63, 3.8) is 0 Å². The molecule has 14 heavy (non-hydrogen) atoms.